The zero-order valence-corrected chi connectivity index (χ0v) is 15.5. The van der Waals surface area contributed by atoms with Crippen molar-refractivity contribution in [2.45, 2.75) is 17.9 Å². The molecule has 138 valence electrons. The highest BCUT2D eigenvalue weighted by atomic mass is 35.5. The van der Waals surface area contributed by atoms with Crippen molar-refractivity contribution in [1.29, 1.82) is 0 Å². The molecule has 0 aromatic heterocycles. The van der Waals surface area contributed by atoms with Gasteiger partial charge in [-0.25, -0.2) is 13.6 Å². The van der Waals surface area contributed by atoms with E-state index < -0.39 is 10.0 Å². The maximum atomic E-state index is 12.0. The SMILES string of the molecule is CC(NC(=O)CNC(=O)c1ccc(Cl)cc1)c1ccc(S(N)(=O)=O)cc1. The van der Waals surface area contributed by atoms with Crippen molar-refractivity contribution in [3.63, 3.8) is 0 Å². The molecule has 9 heteroatoms. The summed E-state index contributed by atoms with van der Waals surface area (Å²) in [5.41, 5.74) is 1.10. The van der Waals surface area contributed by atoms with Gasteiger partial charge in [-0.3, -0.25) is 9.59 Å². The molecular formula is C17H18ClN3O4S. The molecule has 0 saturated carbocycles. The Labute approximate surface area is 156 Å². The average molecular weight is 396 g/mol. The van der Waals surface area contributed by atoms with E-state index in [2.05, 4.69) is 10.6 Å². The monoisotopic (exact) mass is 395 g/mol. The Hall–Kier alpha value is -2.42. The van der Waals surface area contributed by atoms with Gasteiger partial charge in [-0.2, -0.15) is 0 Å². The Morgan fingerprint density at radius 1 is 1.08 bits per heavy atom. The van der Waals surface area contributed by atoms with Crippen molar-refractivity contribution < 1.29 is 18.0 Å². The Balaban J connectivity index is 1.88. The summed E-state index contributed by atoms with van der Waals surface area (Å²) in [6, 6.07) is 11.8. The molecule has 0 bridgehead atoms. The fourth-order valence-electron chi connectivity index (χ4n) is 2.19. The predicted octanol–water partition coefficient (Wildman–Crippen LogP) is 1.59. The van der Waals surface area contributed by atoms with E-state index in [4.69, 9.17) is 16.7 Å². The summed E-state index contributed by atoms with van der Waals surface area (Å²) in [4.78, 5) is 23.9. The highest BCUT2D eigenvalue weighted by Gasteiger charge is 2.13. The Morgan fingerprint density at radius 3 is 2.19 bits per heavy atom. The second-order valence-corrected chi connectivity index (χ2v) is 7.59. The third-order valence-electron chi connectivity index (χ3n) is 3.60. The number of primary sulfonamides is 1. The van der Waals surface area contributed by atoms with Gasteiger partial charge in [-0.15, -0.1) is 0 Å². The van der Waals surface area contributed by atoms with E-state index in [-0.39, 0.29) is 29.3 Å². The van der Waals surface area contributed by atoms with Crippen LogP contribution in [0.5, 0.6) is 0 Å². The minimum atomic E-state index is -3.76. The maximum absolute atomic E-state index is 12.0. The van der Waals surface area contributed by atoms with Crippen LogP contribution in [-0.4, -0.2) is 26.8 Å². The van der Waals surface area contributed by atoms with Crippen molar-refractivity contribution in [3.8, 4) is 0 Å². The van der Waals surface area contributed by atoms with Crippen molar-refractivity contribution in [3.05, 3.63) is 64.7 Å². The number of halogens is 1. The second-order valence-electron chi connectivity index (χ2n) is 5.59. The van der Waals surface area contributed by atoms with Crippen molar-refractivity contribution >= 4 is 33.4 Å². The number of benzene rings is 2. The summed E-state index contributed by atoms with van der Waals surface area (Å²) in [5.74, 6) is -0.766. The van der Waals surface area contributed by atoms with E-state index in [1.54, 1.807) is 43.3 Å². The van der Waals surface area contributed by atoms with Gasteiger partial charge >= 0.3 is 0 Å². The lowest BCUT2D eigenvalue weighted by molar-refractivity contribution is -0.120. The number of carbonyl (C=O) groups excluding carboxylic acids is 2. The summed E-state index contributed by atoms with van der Waals surface area (Å²) >= 11 is 5.76. The Bertz CT molecular complexity index is 897. The molecule has 0 saturated heterocycles. The van der Waals surface area contributed by atoms with Gasteiger partial charge in [0, 0.05) is 10.6 Å². The van der Waals surface area contributed by atoms with Gasteiger partial charge in [0.05, 0.1) is 17.5 Å². The van der Waals surface area contributed by atoms with Crippen LogP contribution in [0.1, 0.15) is 28.9 Å². The molecule has 0 spiro atoms. The first-order valence-corrected chi connectivity index (χ1v) is 9.55. The molecule has 1 atom stereocenters. The predicted molar refractivity (Wildman–Crippen MR) is 98.2 cm³/mol. The molecule has 2 aromatic rings. The normalized spacial score (nSPS) is 12.3. The van der Waals surface area contributed by atoms with Gasteiger partial charge in [0.25, 0.3) is 5.91 Å². The van der Waals surface area contributed by atoms with Crippen molar-refractivity contribution in [1.82, 2.24) is 10.6 Å². The molecule has 0 aliphatic rings. The molecule has 4 N–H and O–H groups in total. The van der Waals surface area contributed by atoms with E-state index in [1.165, 1.54) is 12.1 Å². The molecule has 0 heterocycles. The first-order valence-electron chi connectivity index (χ1n) is 7.62. The van der Waals surface area contributed by atoms with Crippen LogP contribution in [0.3, 0.4) is 0 Å². The summed E-state index contributed by atoms with van der Waals surface area (Å²) in [6.45, 7) is 1.55. The van der Waals surface area contributed by atoms with E-state index in [0.29, 0.717) is 16.1 Å². The number of sulfonamides is 1. The molecular weight excluding hydrogens is 378 g/mol. The van der Waals surface area contributed by atoms with Crippen LogP contribution in [0, 0.1) is 0 Å². The largest absolute Gasteiger partial charge is 0.348 e. The number of amides is 2. The maximum Gasteiger partial charge on any atom is 0.251 e. The number of nitrogens with two attached hydrogens (primary N) is 1. The highest BCUT2D eigenvalue weighted by Crippen LogP contribution is 2.15. The molecule has 2 amide bonds. The van der Waals surface area contributed by atoms with E-state index in [1.807, 2.05) is 0 Å². The first-order chi connectivity index (χ1) is 12.2. The first kappa shape index (κ1) is 19.9. The minimum absolute atomic E-state index is 0.00463. The smallest absolute Gasteiger partial charge is 0.251 e. The number of hydrogen-bond acceptors (Lipinski definition) is 4. The van der Waals surface area contributed by atoms with Crippen LogP contribution < -0.4 is 15.8 Å². The Kier molecular flexibility index (Phi) is 6.36. The van der Waals surface area contributed by atoms with E-state index >= 15 is 0 Å². The van der Waals surface area contributed by atoms with Crippen LogP contribution in [0.2, 0.25) is 5.02 Å². The lowest BCUT2D eigenvalue weighted by Crippen LogP contribution is -2.38. The van der Waals surface area contributed by atoms with Gasteiger partial charge in [-0.05, 0) is 48.9 Å². The highest BCUT2D eigenvalue weighted by molar-refractivity contribution is 7.89. The standard InChI is InChI=1S/C17H18ClN3O4S/c1-11(12-4-8-15(9-5-12)26(19,24)25)21-16(22)10-20-17(23)13-2-6-14(18)7-3-13/h2-9,11H,10H2,1H3,(H,20,23)(H,21,22)(H2,19,24,25). The third-order valence-corrected chi connectivity index (χ3v) is 4.78. The van der Waals surface area contributed by atoms with Gasteiger partial charge in [0.15, 0.2) is 0 Å². The zero-order valence-electron chi connectivity index (χ0n) is 13.9. The lowest BCUT2D eigenvalue weighted by Gasteiger charge is -2.15. The van der Waals surface area contributed by atoms with Crippen molar-refractivity contribution in [2.24, 2.45) is 5.14 Å². The van der Waals surface area contributed by atoms with Gasteiger partial charge in [0.1, 0.15) is 0 Å². The second kappa shape index (κ2) is 8.31. The van der Waals surface area contributed by atoms with Crippen LogP contribution >= 0.6 is 11.6 Å². The van der Waals surface area contributed by atoms with Crippen LogP contribution in [0.25, 0.3) is 0 Å². The zero-order chi connectivity index (χ0) is 19.3. The summed E-state index contributed by atoms with van der Waals surface area (Å²) in [7, 11) is -3.76. The van der Waals surface area contributed by atoms with Crippen LogP contribution in [0.15, 0.2) is 53.4 Å². The molecule has 1 unspecified atom stereocenters. The minimum Gasteiger partial charge on any atom is -0.348 e. The Morgan fingerprint density at radius 2 is 1.65 bits per heavy atom. The average Bonchev–Trinajstić information content (AvgIpc) is 2.59. The van der Waals surface area contributed by atoms with Gasteiger partial charge < -0.3 is 10.6 Å². The molecule has 0 aliphatic carbocycles. The summed E-state index contributed by atoms with van der Waals surface area (Å²) in [6.07, 6.45) is 0. The van der Waals surface area contributed by atoms with E-state index in [0.717, 1.165) is 0 Å². The molecule has 0 fully saturated rings. The molecule has 0 aliphatic heterocycles. The van der Waals surface area contributed by atoms with Crippen molar-refractivity contribution in [2.75, 3.05) is 6.54 Å². The summed E-state index contributed by atoms with van der Waals surface area (Å²) < 4.78 is 22.5. The molecule has 2 rings (SSSR count). The topological polar surface area (TPSA) is 118 Å². The molecule has 26 heavy (non-hydrogen) atoms. The van der Waals surface area contributed by atoms with E-state index in [9.17, 15) is 18.0 Å². The van der Waals surface area contributed by atoms with Crippen LogP contribution in [0.4, 0.5) is 0 Å². The summed E-state index contributed by atoms with van der Waals surface area (Å²) in [5, 5.41) is 10.8. The molecule has 7 nitrogen and oxygen atoms in total. The number of carbonyl (C=O) groups is 2. The quantitative estimate of drug-likeness (QED) is 0.688. The molecule has 2 aromatic carbocycles. The lowest BCUT2D eigenvalue weighted by atomic mass is 10.1. The van der Waals surface area contributed by atoms with Gasteiger partial charge in [-0.1, -0.05) is 23.7 Å². The number of nitrogens with one attached hydrogen (secondary N) is 2. The fraction of sp³-hybridized carbons (Fsp3) is 0.176. The number of hydrogen-bond donors (Lipinski definition) is 3. The fourth-order valence-corrected chi connectivity index (χ4v) is 2.83. The third kappa shape index (κ3) is 5.55. The molecule has 0 radical (unpaired) electrons. The number of rotatable bonds is 6. The van der Waals surface area contributed by atoms with Crippen LogP contribution in [-0.2, 0) is 14.8 Å². The van der Waals surface area contributed by atoms with Gasteiger partial charge in [0.2, 0.25) is 15.9 Å².